The van der Waals surface area contributed by atoms with Gasteiger partial charge in [0.05, 0.1) is 11.0 Å². The van der Waals surface area contributed by atoms with Gasteiger partial charge < -0.3 is 9.47 Å². The number of piperidine rings is 1. The van der Waals surface area contributed by atoms with Crippen molar-refractivity contribution in [2.75, 3.05) is 13.1 Å². The van der Waals surface area contributed by atoms with E-state index in [9.17, 15) is 9.18 Å². The zero-order valence-electron chi connectivity index (χ0n) is 14.3. The predicted molar refractivity (Wildman–Crippen MR) is 97.8 cm³/mol. The lowest BCUT2D eigenvalue weighted by Gasteiger charge is -2.33. The summed E-state index contributed by atoms with van der Waals surface area (Å²) < 4.78 is 15.8. The fourth-order valence-corrected chi connectivity index (χ4v) is 3.83. The molecule has 1 aromatic carbocycles. The highest BCUT2D eigenvalue weighted by Crippen LogP contribution is 2.29. The Kier molecular flexibility index (Phi) is 4.36. The molecule has 0 radical (unpaired) electrons. The van der Waals surface area contributed by atoms with Gasteiger partial charge in [0.25, 0.3) is 5.91 Å². The molecule has 3 aromatic rings. The van der Waals surface area contributed by atoms with Crippen LogP contribution in [0.5, 0.6) is 0 Å². The summed E-state index contributed by atoms with van der Waals surface area (Å²) in [5, 5.41) is 0.313. The average Bonchev–Trinajstić information content (AvgIpc) is 2.96. The Morgan fingerprint density at radius 2 is 1.96 bits per heavy atom. The molecule has 0 atom stereocenters. The van der Waals surface area contributed by atoms with Crippen LogP contribution in [0.1, 0.15) is 35.2 Å². The van der Waals surface area contributed by atoms with Crippen molar-refractivity contribution in [2.24, 2.45) is 0 Å². The largest absolute Gasteiger partial charge is 0.337 e. The van der Waals surface area contributed by atoms with Gasteiger partial charge in [0.1, 0.15) is 22.5 Å². The first-order valence-electron chi connectivity index (χ1n) is 8.59. The Bertz CT molecular complexity index is 979. The number of aromatic nitrogens is 3. The number of benzene rings is 1. The predicted octanol–water partition coefficient (Wildman–Crippen LogP) is 4.01. The molecule has 0 spiro atoms. The van der Waals surface area contributed by atoms with Gasteiger partial charge in [0.2, 0.25) is 0 Å². The maximum Gasteiger partial charge on any atom is 0.272 e. The van der Waals surface area contributed by atoms with E-state index < -0.39 is 0 Å². The minimum atomic E-state index is -0.265. The van der Waals surface area contributed by atoms with E-state index in [1.54, 1.807) is 29.2 Å². The summed E-state index contributed by atoms with van der Waals surface area (Å²) in [6.07, 6.45) is 1.57. The number of aryl methyl sites for hydroxylation is 1. The highest BCUT2D eigenvalue weighted by Gasteiger charge is 2.27. The molecule has 0 bridgehead atoms. The molecule has 134 valence electrons. The van der Waals surface area contributed by atoms with Gasteiger partial charge >= 0.3 is 0 Å². The fraction of sp³-hybridized carbons (Fsp3) is 0.316. The van der Waals surface area contributed by atoms with Crippen LogP contribution in [-0.4, -0.2) is 38.4 Å². The number of carbonyl (C=O) groups excluding carboxylic acids is 1. The van der Waals surface area contributed by atoms with E-state index in [0.717, 1.165) is 29.7 Å². The number of halogens is 2. The second-order valence-electron chi connectivity index (χ2n) is 6.53. The third kappa shape index (κ3) is 3.05. The average molecular weight is 373 g/mol. The number of imidazole rings is 1. The molecule has 1 saturated heterocycles. The number of carbonyl (C=O) groups is 1. The maximum absolute atomic E-state index is 13.7. The molecule has 2 aromatic heterocycles. The van der Waals surface area contributed by atoms with Crippen molar-refractivity contribution in [3.05, 3.63) is 58.9 Å². The summed E-state index contributed by atoms with van der Waals surface area (Å²) in [4.78, 5) is 23.0. The van der Waals surface area contributed by atoms with Crippen molar-refractivity contribution < 1.29 is 9.18 Å². The molecular weight excluding hydrogens is 355 g/mol. The number of hydrogen-bond donors (Lipinski definition) is 0. The number of amides is 1. The second-order valence-corrected chi connectivity index (χ2v) is 6.92. The van der Waals surface area contributed by atoms with Crippen LogP contribution in [0.15, 0.2) is 36.4 Å². The minimum Gasteiger partial charge on any atom is -0.337 e. The third-order valence-corrected chi connectivity index (χ3v) is 5.09. The van der Waals surface area contributed by atoms with Crippen molar-refractivity contribution in [1.29, 1.82) is 0 Å². The van der Waals surface area contributed by atoms with Crippen LogP contribution in [0, 0.1) is 12.7 Å². The molecule has 1 fully saturated rings. The molecule has 7 heteroatoms. The lowest BCUT2D eigenvalue weighted by Crippen LogP contribution is -2.39. The number of pyridine rings is 1. The molecule has 0 N–H and O–H groups in total. The van der Waals surface area contributed by atoms with Gasteiger partial charge in [-0.15, -0.1) is 0 Å². The quantitative estimate of drug-likeness (QED) is 0.639. The molecule has 3 heterocycles. The molecule has 0 saturated carbocycles. The van der Waals surface area contributed by atoms with Crippen molar-refractivity contribution in [3.63, 3.8) is 0 Å². The summed E-state index contributed by atoms with van der Waals surface area (Å²) in [5.74, 6) is 0.495. The maximum atomic E-state index is 13.7. The van der Waals surface area contributed by atoms with Gasteiger partial charge in [-0.2, -0.15) is 0 Å². The van der Waals surface area contributed by atoms with E-state index in [4.69, 9.17) is 11.6 Å². The second kappa shape index (κ2) is 6.68. The Hall–Kier alpha value is -2.47. The van der Waals surface area contributed by atoms with Gasteiger partial charge in [0, 0.05) is 19.1 Å². The van der Waals surface area contributed by atoms with Gasteiger partial charge in [-0.05, 0) is 50.1 Å². The summed E-state index contributed by atoms with van der Waals surface area (Å²) in [6.45, 7) is 3.17. The number of nitrogens with zero attached hydrogens (tertiary/aromatic N) is 4. The Morgan fingerprint density at radius 1 is 1.19 bits per heavy atom. The van der Waals surface area contributed by atoms with Crippen molar-refractivity contribution in [2.45, 2.75) is 25.8 Å². The van der Waals surface area contributed by atoms with Crippen molar-refractivity contribution in [1.82, 2.24) is 19.4 Å². The van der Waals surface area contributed by atoms with E-state index in [-0.39, 0.29) is 17.8 Å². The van der Waals surface area contributed by atoms with Gasteiger partial charge in [-0.25, -0.2) is 14.4 Å². The van der Waals surface area contributed by atoms with Crippen LogP contribution < -0.4 is 0 Å². The molecule has 26 heavy (non-hydrogen) atoms. The van der Waals surface area contributed by atoms with Gasteiger partial charge in [-0.3, -0.25) is 4.79 Å². The summed E-state index contributed by atoms with van der Waals surface area (Å²) in [5.41, 5.74) is 1.97. The van der Waals surface area contributed by atoms with Crippen LogP contribution in [0.2, 0.25) is 5.15 Å². The Labute approximate surface area is 155 Å². The van der Waals surface area contributed by atoms with Crippen molar-refractivity contribution in [3.8, 4) is 0 Å². The van der Waals surface area contributed by atoms with Crippen LogP contribution >= 0.6 is 11.6 Å². The van der Waals surface area contributed by atoms with Crippen LogP contribution in [0.25, 0.3) is 11.0 Å². The lowest BCUT2D eigenvalue weighted by atomic mass is 10.0. The highest BCUT2D eigenvalue weighted by molar-refractivity contribution is 6.29. The zero-order chi connectivity index (χ0) is 18.3. The van der Waals surface area contributed by atoms with Crippen LogP contribution in [-0.2, 0) is 0 Å². The number of hydrogen-bond acceptors (Lipinski definition) is 3. The highest BCUT2D eigenvalue weighted by atomic mass is 35.5. The molecule has 4 rings (SSSR count). The molecule has 1 aliphatic heterocycles. The van der Waals surface area contributed by atoms with E-state index >= 15 is 0 Å². The fourth-order valence-electron chi connectivity index (χ4n) is 3.66. The first-order valence-corrected chi connectivity index (χ1v) is 8.96. The minimum absolute atomic E-state index is 0.107. The normalized spacial score (nSPS) is 15.6. The third-order valence-electron chi connectivity index (χ3n) is 4.88. The number of fused-ring (bicyclic) bond motifs is 1. The number of rotatable bonds is 2. The summed E-state index contributed by atoms with van der Waals surface area (Å²) in [7, 11) is 0. The first kappa shape index (κ1) is 17.0. The van der Waals surface area contributed by atoms with E-state index in [0.29, 0.717) is 23.9 Å². The van der Waals surface area contributed by atoms with Crippen LogP contribution in [0.4, 0.5) is 4.39 Å². The summed E-state index contributed by atoms with van der Waals surface area (Å²) in [6, 6.07) is 9.91. The molecule has 0 unspecified atom stereocenters. The van der Waals surface area contributed by atoms with Crippen LogP contribution in [0.3, 0.4) is 0 Å². The molecule has 1 aliphatic rings. The summed E-state index contributed by atoms with van der Waals surface area (Å²) >= 11 is 5.88. The molecular formula is C19H18ClFN4O. The number of likely N-dealkylation sites (tertiary alicyclic amines) is 1. The van der Waals surface area contributed by atoms with Gasteiger partial charge in [0.15, 0.2) is 0 Å². The van der Waals surface area contributed by atoms with Crippen molar-refractivity contribution >= 4 is 28.5 Å². The molecule has 1 amide bonds. The molecule has 5 nitrogen and oxygen atoms in total. The SMILES string of the molecule is Cc1nc2ccc(F)cc2n1C1CCN(C(=O)c2cccc(Cl)n2)CC1. The van der Waals surface area contributed by atoms with Gasteiger partial charge in [-0.1, -0.05) is 17.7 Å². The Morgan fingerprint density at radius 3 is 2.69 bits per heavy atom. The first-order chi connectivity index (χ1) is 12.5. The monoisotopic (exact) mass is 372 g/mol. The molecule has 0 aliphatic carbocycles. The zero-order valence-corrected chi connectivity index (χ0v) is 15.1. The standard InChI is InChI=1S/C19H18ClFN4O/c1-12-22-15-6-5-13(21)11-17(15)25(12)14-7-9-24(10-8-14)19(26)16-3-2-4-18(20)23-16/h2-6,11,14H,7-10H2,1H3. The van der Waals surface area contributed by atoms with E-state index in [1.807, 2.05) is 6.92 Å². The lowest BCUT2D eigenvalue weighted by molar-refractivity contribution is 0.0689. The van der Waals surface area contributed by atoms with E-state index in [1.165, 1.54) is 12.1 Å². The van der Waals surface area contributed by atoms with E-state index in [2.05, 4.69) is 14.5 Å². The topological polar surface area (TPSA) is 51.0 Å². The Balaban J connectivity index is 1.53. The smallest absolute Gasteiger partial charge is 0.272 e.